The van der Waals surface area contributed by atoms with Crippen LogP contribution in [0.1, 0.15) is 89.5 Å². The molecule has 0 unspecified atom stereocenters. The minimum Gasteiger partial charge on any atom is -0.399 e. The van der Waals surface area contributed by atoms with E-state index in [2.05, 4.69) is 31.2 Å². The van der Waals surface area contributed by atoms with E-state index in [1.54, 1.807) is 0 Å². The van der Waals surface area contributed by atoms with Crippen molar-refractivity contribution in [2.45, 2.75) is 90.4 Å². The molecule has 0 bridgehead atoms. The van der Waals surface area contributed by atoms with Crippen molar-refractivity contribution >= 4 is 11.4 Å². The lowest BCUT2D eigenvalue weighted by Crippen LogP contribution is -1.95. The molecule has 2 heteroatoms. The number of nitrogens with two attached hydrogens (primary N) is 2. The van der Waals surface area contributed by atoms with Crippen molar-refractivity contribution in [2.24, 2.45) is 0 Å². The summed E-state index contributed by atoms with van der Waals surface area (Å²) in [4.78, 5) is 0. The average Bonchev–Trinajstić information content (AvgIpc) is 2.70. The van der Waals surface area contributed by atoms with Crippen LogP contribution in [-0.4, -0.2) is 0 Å². The van der Waals surface area contributed by atoms with Gasteiger partial charge in [0.05, 0.1) is 0 Å². The largest absolute Gasteiger partial charge is 0.399 e. The van der Waals surface area contributed by atoms with Gasteiger partial charge in [-0.1, -0.05) is 95.8 Å². The van der Waals surface area contributed by atoms with Gasteiger partial charge in [-0.05, 0) is 53.8 Å². The maximum absolute atomic E-state index is 6.05. The maximum Gasteiger partial charge on any atom is 0.0317 e. The number of rotatable bonds is 14. The molecule has 0 amide bonds. The molecule has 0 aliphatic heterocycles. The second kappa shape index (κ2) is 13.3. The fourth-order valence-electron chi connectivity index (χ4n) is 3.92. The number of nitrogen functional groups attached to an aromatic ring is 2. The first kappa shape index (κ1) is 22.3. The molecule has 0 saturated carbocycles. The Morgan fingerprint density at radius 3 is 1.64 bits per heavy atom. The van der Waals surface area contributed by atoms with Gasteiger partial charge in [-0.15, -0.1) is 0 Å². The first-order valence-electron chi connectivity index (χ1n) is 11.4. The molecular weight excluding hydrogens is 340 g/mol. The summed E-state index contributed by atoms with van der Waals surface area (Å²) in [7, 11) is 0. The number of hydrogen-bond acceptors (Lipinski definition) is 2. The fourth-order valence-corrected chi connectivity index (χ4v) is 3.92. The van der Waals surface area contributed by atoms with Crippen LogP contribution in [0.25, 0.3) is 11.1 Å². The summed E-state index contributed by atoms with van der Waals surface area (Å²) < 4.78 is 0. The fraction of sp³-hybridized carbons (Fsp3) is 0.538. The smallest absolute Gasteiger partial charge is 0.0317 e. The van der Waals surface area contributed by atoms with E-state index >= 15 is 0 Å². The number of benzene rings is 2. The highest BCUT2D eigenvalue weighted by Gasteiger charge is 2.06. The number of unbranched alkanes of at least 4 members (excludes halogenated alkanes) is 11. The predicted octanol–water partition coefficient (Wildman–Crippen LogP) is 7.76. The van der Waals surface area contributed by atoms with Crippen LogP contribution >= 0.6 is 0 Å². The van der Waals surface area contributed by atoms with E-state index in [0.717, 1.165) is 17.8 Å². The SMILES string of the molecule is CCCCCCCCCCCCCCc1cc(N)ccc1-c1ccc(N)cc1. The van der Waals surface area contributed by atoms with Crippen molar-refractivity contribution in [3.8, 4) is 11.1 Å². The third-order valence-corrected chi connectivity index (χ3v) is 5.65. The van der Waals surface area contributed by atoms with Crippen LogP contribution in [0.15, 0.2) is 42.5 Å². The van der Waals surface area contributed by atoms with Gasteiger partial charge in [0.2, 0.25) is 0 Å². The lowest BCUT2D eigenvalue weighted by molar-refractivity contribution is 0.544. The normalized spacial score (nSPS) is 11.0. The minimum absolute atomic E-state index is 0.807. The molecule has 2 aromatic rings. The van der Waals surface area contributed by atoms with Crippen LogP contribution in [0.2, 0.25) is 0 Å². The summed E-state index contributed by atoms with van der Waals surface area (Å²) in [5, 5.41) is 0. The van der Waals surface area contributed by atoms with Gasteiger partial charge in [0, 0.05) is 11.4 Å². The molecule has 0 fully saturated rings. The molecule has 0 aliphatic carbocycles. The Bertz CT molecular complexity index is 661. The Morgan fingerprint density at radius 2 is 1.07 bits per heavy atom. The van der Waals surface area contributed by atoms with E-state index in [1.807, 2.05) is 18.2 Å². The Morgan fingerprint density at radius 1 is 0.571 bits per heavy atom. The summed E-state index contributed by atoms with van der Waals surface area (Å²) in [5.41, 5.74) is 17.4. The van der Waals surface area contributed by atoms with Crippen molar-refractivity contribution in [3.63, 3.8) is 0 Å². The van der Waals surface area contributed by atoms with Gasteiger partial charge in [0.15, 0.2) is 0 Å². The van der Waals surface area contributed by atoms with Crippen LogP contribution in [0.5, 0.6) is 0 Å². The van der Waals surface area contributed by atoms with E-state index in [-0.39, 0.29) is 0 Å². The zero-order valence-corrected chi connectivity index (χ0v) is 17.9. The summed E-state index contributed by atoms with van der Waals surface area (Å²) in [6, 6.07) is 14.4. The number of anilines is 2. The summed E-state index contributed by atoms with van der Waals surface area (Å²) in [6.07, 6.45) is 17.7. The van der Waals surface area contributed by atoms with Crippen LogP contribution in [0.3, 0.4) is 0 Å². The van der Waals surface area contributed by atoms with Crippen LogP contribution in [0.4, 0.5) is 11.4 Å². The van der Waals surface area contributed by atoms with Crippen LogP contribution in [-0.2, 0) is 6.42 Å². The summed E-state index contributed by atoms with van der Waals surface area (Å²) >= 11 is 0. The number of aryl methyl sites for hydroxylation is 1. The standard InChI is InChI=1S/C26H40N2/c1-2-3-4-5-6-7-8-9-10-11-12-13-14-23-21-25(28)19-20-26(23)22-15-17-24(27)18-16-22/h15-21H,2-14,27-28H2,1H3. The second-order valence-corrected chi connectivity index (χ2v) is 8.18. The molecular formula is C26H40N2. The third kappa shape index (κ3) is 8.37. The quantitative estimate of drug-likeness (QED) is 0.260. The summed E-state index contributed by atoms with van der Waals surface area (Å²) in [6.45, 7) is 2.28. The van der Waals surface area contributed by atoms with Crippen molar-refractivity contribution in [3.05, 3.63) is 48.0 Å². The van der Waals surface area contributed by atoms with Gasteiger partial charge in [-0.3, -0.25) is 0 Å². The zero-order chi connectivity index (χ0) is 20.0. The second-order valence-electron chi connectivity index (χ2n) is 8.18. The Balaban J connectivity index is 1.65. The van der Waals surface area contributed by atoms with E-state index < -0.39 is 0 Å². The molecule has 2 rings (SSSR count). The van der Waals surface area contributed by atoms with Gasteiger partial charge < -0.3 is 11.5 Å². The molecule has 0 aliphatic rings. The maximum atomic E-state index is 6.05. The predicted molar refractivity (Wildman–Crippen MR) is 125 cm³/mol. The van der Waals surface area contributed by atoms with Crippen LogP contribution in [0, 0.1) is 0 Å². The Labute approximate surface area is 172 Å². The molecule has 0 aromatic heterocycles. The number of hydrogen-bond donors (Lipinski definition) is 2. The molecule has 2 aromatic carbocycles. The highest BCUT2D eigenvalue weighted by molar-refractivity contribution is 5.71. The van der Waals surface area contributed by atoms with Gasteiger partial charge >= 0.3 is 0 Å². The third-order valence-electron chi connectivity index (χ3n) is 5.65. The van der Waals surface area contributed by atoms with Crippen molar-refractivity contribution in [1.29, 1.82) is 0 Å². The van der Waals surface area contributed by atoms with Crippen molar-refractivity contribution < 1.29 is 0 Å². The highest BCUT2D eigenvalue weighted by Crippen LogP contribution is 2.28. The molecule has 154 valence electrons. The molecule has 0 atom stereocenters. The summed E-state index contributed by atoms with van der Waals surface area (Å²) in [5.74, 6) is 0. The topological polar surface area (TPSA) is 52.0 Å². The molecule has 0 heterocycles. The molecule has 0 spiro atoms. The monoisotopic (exact) mass is 380 g/mol. The van der Waals surface area contributed by atoms with Gasteiger partial charge in [0.25, 0.3) is 0 Å². The van der Waals surface area contributed by atoms with Gasteiger partial charge in [0.1, 0.15) is 0 Å². The van der Waals surface area contributed by atoms with E-state index in [0.29, 0.717) is 0 Å². The van der Waals surface area contributed by atoms with Crippen molar-refractivity contribution in [2.75, 3.05) is 11.5 Å². The lowest BCUT2D eigenvalue weighted by Gasteiger charge is -2.11. The van der Waals surface area contributed by atoms with E-state index in [1.165, 1.54) is 93.7 Å². The Hall–Kier alpha value is -1.96. The van der Waals surface area contributed by atoms with E-state index in [4.69, 9.17) is 11.5 Å². The minimum atomic E-state index is 0.807. The van der Waals surface area contributed by atoms with E-state index in [9.17, 15) is 0 Å². The van der Waals surface area contributed by atoms with Gasteiger partial charge in [-0.2, -0.15) is 0 Å². The Kier molecular flexibility index (Phi) is 10.6. The molecule has 2 nitrogen and oxygen atoms in total. The lowest BCUT2D eigenvalue weighted by atomic mass is 9.95. The highest BCUT2D eigenvalue weighted by atomic mass is 14.5. The van der Waals surface area contributed by atoms with Crippen molar-refractivity contribution in [1.82, 2.24) is 0 Å². The van der Waals surface area contributed by atoms with Crippen LogP contribution < -0.4 is 11.5 Å². The average molecular weight is 381 g/mol. The zero-order valence-electron chi connectivity index (χ0n) is 17.9. The molecule has 0 radical (unpaired) electrons. The first-order chi connectivity index (χ1) is 13.7. The van der Waals surface area contributed by atoms with Gasteiger partial charge in [-0.25, -0.2) is 0 Å². The molecule has 0 saturated heterocycles. The molecule has 28 heavy (non-hydrogen) atoms. The first-order valence-corrected chi connectivity index (χ1v) is 11.4. The molecule has 4 N–H and O–H groups in total.